The molecule has 0 aromatic heterocycles. The number of aryl methyl sites for hydroxylation is 2. The van der Waals surface area contributed by atoms with Crippen molar-refractivity contribution in [1.29, 1.82) is 0 Å². The van der Waals surface area contributed by atoms with E-state index in [-0.39, 0.29) is 11.3 Å². The van der Waals surface area contributed by atoms with Crippen LogP contribution in [0.3, 0.4) is 0 Å². The highest BCUT2D eigenvalue weighted by atomic mass is 16.6. The van der Waals surface area contributed by atoms with E-state index in [1.807, 2.05) is 0 Å². The van der Waals surface area contributed by atoms with E-state index in [4.69, 9.17) is 9.84 Å². The average molecular weight is 287 g/mol. The Bertz CT molecular complexity index is 724. The zero-order chi connectivity index (χ0) is 15.6. The Labute approximate surface area is 120 Å². The van der Waals surface area contributed by atoms with Gasteiger partial charge in [-0.2, -0.15) is 0 Å². The third-order valence-electron chi connectivity index (χ3n) is 3.03. The van der Waals surface area contributed by atoms with Crippen molar-refractivity contribution in [3.8, 4) is 11.5 Å². The summed E-state index contributed by atoms with van der Waals surface area (Å²) in [7, 11) is 0. The number of benzene rings is 2. The molecule has 0 spiro atoms. The van der Waals surface area contributed by atoms with Gasteiger partial charge >= 0.3 is 5.97 Å². The molecule has 21 heavy (non-hydrogen) atoms. The molecule has 6 nitrogen and oxygen atoms in total. The van der Waals surface area contributed by atoms with Gasteiger partial charge in [-0.25, -0.2) is 4.79 Å². The molecule has 0 saturated heterocycles. The highest BCUT2D eigenvalue weighted by Gasteiger charge is 2.11. The van der Waals surface area contributed by atoms with Crippen molar-refractivity contribution in [2.45, 2.75) is 13.8 Å². The zero-order valence-corrected chi connectivity index (χ0v) is 11.5. The molecule has 0 atom stereocenters. The monoisotopic (exact) mass is 287 g/mol. The van der Waals surface area contributed by atoms with E-state index in [1.165, 1.54) is 24.3 Å². The third-order valence-corrected chi connectivity index (χ3v) is 3.03. The van der Waals surface area contributed by atoms with E-state index in [0.717, 1.165) is 0 Å². The Morgan fingerprint density at radius 1 is 1.14 bits per heavy atom. The molecule has 108 valence electrons. The van der Waals surface area contributed by atoms with Gasteiger partial charge in [0.05, 0.1) is 10.5 Å². The lowest BCUT2D eigenvalue weighted by Crippen LogP contribution is -1.99. The van der Waals surface area contributed by atoms with Crippen molar-refractivity contribution in [3.63, 3.8) is 0 Å². The van der Waals surface area contributed by atoms with Crippen LogP contribution in [0.1, 0.15) is 21.5 Å². The van der Waals surface area contributed by atoms with Crippen molar-refractivity contribution in [3.05, 3.63) is 63.2 Å². The predicted molar refractivity (Wildman–Crippen MR) is 76.0 cm³/mol. The highest BCUT2D eigenvalue weighted by Crippen LogP contribution is 2.29. The number of aromatic carboxylic acids is 1. The van der Waals surface area contributed by atoms with E-state index in [1.54, 1.807) is 26.0 Å². The van der Waals surface area contributed by atoms with E-state index >= 15 is 0 Å². The number of hydrogen-bond donors (Lipinski definition) is 1. The summed E-state index contributed by atoms with van der Waals surface area (Å²) in [5, 5.41) is 19.6. The molecular weight excluding hydrogens is 274 g/mol. The maximum Gasteiger partial charge on any atom is 0.335 e. The predicted octanol–water partition coefficient (Wildman–Crippen LogP) is 3.70. The summed E-state index contributed by atoms with van der Waals surface area (Å²) in [5.41, 5.74) is 1.42. The summed E-state index contributed by atoms with van der Waals surface area (Å²) in [6.45, 7) is 3.39. The molecular formula is C15H13NO5. The van der Waals surface area contributed by atoms with E-state index in [9.17, 15) is 14.9 Å². The molecule has 0 aliphatic heterocycles. The van der Waals surface area contributed by atoms with Crippen LogP contribution in [0.4, 0.5) is 5.69 Å². The minimum absolute atomic E-state index is 0.00254. The first kappa shape index (κ1) is 14.5. The second-order valence-electron chi connectivity index (χ2n) is 4.59. The number of nitro benzene ring substituents is 1. The largest absolute Gasteiger partial charge is 0.478 e. The normalized spacial score (nSPS) is 10.2. The molecule has 0 aliphatic rings. The summed E-state index contributed by atoms with van der Waals surface area (Å²) in [4.78, 5) is 21.2. The molecule has 0 aliphatic carbocycles. The summed E-state index contributed by atoms with van der Waals surface area (Å²) < 4.78 is 5.64. The van der Waals surface area contributed by atoms with Crippen molar-refractivity contribution in [1.82, 2.24) is 0 Å². The summed E-state index contributed by atoms with van der Waals surface area (Å²) >= 11 is 0. The van der Waals surface area contributed by atoms with Crippen LogP contribution >= 0.6 is 0 Å². The van der Waals surface area contributed by atoms with E-state index in [0.29, 0.717) is 22.6 Å². The lowest BCUT2D eigenvalue weighted by atomic mass is 10.1. The van der Waals surface area contributed by atoms with Crippen LogP contribution in [0.15, 0.2) is 36.4 Å². The van der Waals surface area contributed by atoms with Gasteiger partial charge in [0.2, 0.25) is 0 Å². The van der Waals surface area contributed by atoms with Crippen LogP contribution < -0.4 is 4.74 Å². The smallest absolute Gasteiger partial charge is 0.335 e. The Hall–Kier alpha value is -2.89. The minimum Gasteiger partial charge on any atom is -0.478 e. The fourth-order valence-corrected chi connectivity index (χ4v) is 1.93. The molecule has 0 amide bonds. The molecule has 0 unspecified atom stereocenters. The molecule has 2 aromatic rings. The van der Waals surface area contributed by atoms with Crippen LogP contribution in [0.25, 0.3) is 0 Å². The van der Waals surface area contributed by atoms with Gasteiger partial charge in [-0.15, -0.1) is 0 Å². The fraction of sp³-hybridized carbons (Fsp3) is 0.133. The molecule has 0 heterocycles. The number of ether oxygens (including phenoxy) is 1. The first-order valence-corrected chi connectivity index (χ1v) is 6.15. The van der Waals surface area contributed by atoms with Gasteiger partial charge in [0.15, 0.2) is 0 Å². The number of non-ortho nitro benzene ring substituents is 1. The summed E-state index contributed by atoms with van der Waals surface area (Å²) in [6, 6.07) is 8.94. The van der Waals surface area contributed by atoms with Crippen molar-refractivity contribution in [2.75, 3.05) is 0 Å². The van der Waals surface area contributed by atoms with Gasteiger partial charge in [0, 0.05) is 12.1 Å². The van der Waals surface area contributed by atoms with Gasteiger partial charge in [0.25, 0.3) is 5.69 Å². The van der Waals surface area contributed by atoms with Gasteiger partial charge < -0.3 is 9.84 Å². The molecule has 0 saturated carbocycles. The van der Waals surface area contributed by atoms with Gasteiger partial charge in [-0.05, 0) is 49.2 Å². The van der Waals surface area contributed by atoms with Gasteiger partial charge in [-0.3, -0.25) is 10.1 Å². The quantitative estimate of drug-likeness (QED) is 0.684. The Balaban J connectivity index is 2.28. The standard InChI is InChI=1S/C15H13NO5/c1-9-8-12(4-5-13(9)15(17)18)21-14-6-3-11(16(19)20)7-10(14)2/h3-8H,1-2H3,(H,17,18). The Kier molecular flexibility index (Phi) is 3.89. The number of nitro groups is 1. The van der Waals surface area contributed by atoms with Crippen molar-refractivity contribution >= 4 is 11.7 Å². The summed E-state index contributed by atoms with van der Waals surface area (Å²) in [6.07, 6.45) is 0. The third kappa shape index (κ3) is 3.17. The topological polar surface area (TPSA) is 89.7 Å². The summed E-state index contributed by atoms with van der Waals surface area (Å²) in [5.74, 6) is -0.0249. The van der Waals surface area contributed by atoms with Crippen LogP contribution in [-0.2, 0) is 0 Å². The molecule has 0 radical (unpaired) electrons. The molecule has 0 fully saturated rings. The number of carboxylic acids is 1. The van der Waals surface area contributed by atoms with Crippen LogP contribution in [0.5, 0.6) is 11.5 Å². The second-order valence-corrected chi connectivity index (χ2v) is 4.59. The first-order chi connectivity index (χ1) is 9.88. The number of carboxylic acid groups (broad SMARTS) is 1. The van der Waals surface area contributed by atoms with E-state index < -0.39 is 10.9 Å². The van der Waals surface area contributed by atoms with Gasteiger partial charge in [-0.1, -0.05) is 0 Å². The highest BCUT2D eigenvalue weighted by molar-refractivity contribution is 5.89. The Morgan fingerprint density at radius 3 is 2.38 bits per heavy atom. The minimum atomic E-state index is -0.995. The zero-order valence-electron chi connectivity index (χ0n) is 11.5. The maximum atomic E-state index is 10.9. The maximum absolute atomic E-state index is 10.9. The van der Waals surface area contributed by atoms with Crippen LogP contribution in [0.2, 0.25) is 0 Å². The first-order valence-electron chi connectivity index (χ1n) is 6.15. The van der Waals surface area contributed by atoms with Crippen LogP contribution in [-0.4, -0.2) is 16.0 Å². The molecule has 0 bridgehead atoms. The molecule has 2 aromatic carbocycles. The fourth-order valence-electron chi connectivity index (χ4n) is 1.93. The number of carbonyl (C=O) groups is 1. The van der Waals surface area contributed by atoms with Crippen molar-refractivity contribution in [2.24, 2.45) is 0 Å². The number of nitrogens with zero attached hydrogens (tertiary/aromatic N) is 1. The SMILES string of the molecule is Cc1cc([N+](=O)[O-])ccc1Oc1ccc(C(=O)O)c(C)c1. The number of hydrogen-bond acceptors (Lipinski definition) is 4. The molecule has 1 N–H and O–H groups in total. The Morgan fingerprint density at radius 2 is 1.86 bits per heavy atom. The average Bonchev–Trinajstić information content (AvgIpc) is 2.40. The lowest BCUT2D eigenvalue weighted by molar-refractivity contribution is -0.384. The van der Waals surface area contributed by atoms with Gasteiger partial charge in [0.1, 0.15) is 11.5 Å². The molecule has 6 heteroatoms. The van der Waals surface area contributed by atoms with Crippen molar-refractivity contribution < 1.29 is 19.6 Å². The van der Waals surface area contributed by atoms with E-state index in [2.05, 4.69) is 0 Å². The van der Waals surface area contributed by atoms with Crippen LogP contribution in [0, 0.1) is 24.0 Å². The lowest BCUT2D eigenvalue weighted by Gasteiger charge is -2.10. The second kappa shape index (κ2) is 5.62. The molecule has 2 rings (SSSR count). The number of rotatable bonds is 4.